The Bertz CT molecular complexity index is 781. The van der Waals surface area contributed by atoms with E-state index in [1.165, 1.54) is 6.33 Å². The molecule has 2 heterocycles. The van der Waals surface area contributed by atoms with Gasteiger partial charge in [-0.1, -0.05) is 23.7 Å². The van der Waals surface area contributed by atoms with Crippen molar-refractivity contribution in [1.29, 1.82) is 0 Å². The lowest BCUT2D eigenvalue weighted by Crippen LogP contribution is -2.44. The predicted molar refractivity (Wildman–Crippen MR) is 98.5 cm³/mol. The van der Waals surface area contributed by atoms with E-state index < -0.39 is 12.2 Å². The monoisotopic (exact) mass is 438 g/mol. The maximum Gasteiger partial charge on any atom is 0.519 e. The van der Waals surface area contributed by atoms with Crippen molar-refractivity contribution in [2.75, 3.05) is 32.1 Å². The number of halogens is 5. The topological polar surface area (TPSA) is 98.6 Å². The number of carbonyl (C=O) groups excluding carboxylic acids is 1. The number of aliphatic hydroxyl groups is 2. The second-order valence-corrected chi connectivity index (χ2v) is 5.88. The molecule has 2 aromatic rings. The number of alkyl halides is 3. The first-order chi connectivity index (χ1) is 13.6. The molecular formula is C17H19ClF4N4O3. The molecule has 1 aromatic heterocycles. The predicted octanol–water partition coefficient (Wildman–Crippen LogP) is 2.69. The van der Waals surface area contributed by atoms with Crippen LogP contribution in [0.5, 0.6) is 0 Å². The molecule has 1 fully saturated rings. The summed E-state index contributed by atoms with van der Waals surface area (Å²) in [5.74, 6) is -0.618. The third-order valence-corrected chi connectivity index (χ3v) is 3.77. The molecule has 1 amide bonds. The van der Waals surface area contributed by atoms with E-state index in [9.17, 15) is 22.4 Å². The highest BCUT2D eigenvalue weighted by Gasteiger charge is 2.21. The Hall–Kier alpha value is -2.50. The van der Waals surface area contributed by atoms with Crippen LogP contribution in [0.25, 0.3) is 11.3 Å². The van der Waals surface area contributed by atoms with E-state index in [2.05, 4.69) is 15.3 Å². The molecule has 0 saturated carbocycles. The highest BCUT2D eigenvalue weighted by atomic mass is 35.5. The molecule has 3 rings (SSSR count). The third-order valence-electron chi connectivity index (χ3n) is 3.52. The van der Waals surface area contributed by atoms with Crippen LogP contribution in [0.3, 0.4) is 0 Å². The molecule has 0 spiro atoms. The third kappa shape index (κ3) is 8.59. The first-order valence-corrected chi connectivity index (χ1v) is 8.55. The van der Waals surface area contributed by atoms with Crippen molar-refractivity contribution >= 4 is 23.3 Å². The van der Waals surface area contributed by atoms with Crippen molar-refractivity contribution in [3.05, 3.63) is 41.4 Å². The van der Waals surface area contributed by atoms with Crippen LogP contribution in [-0.2, 0) is 4.79 Å². The Morgan fingerprint density at radius 3 is 2.24 bits per heavy atom. The van der Waals surface area contributed by atoms with E-state index in [0.717, 1.165) is 26.6 Å². The van der Waals surface area contributed by atoms with Gasteiger partial charge in [-0.05, 0) is 18.6 Å². The fourth-order valence-corrected chi connectivity index (χ4v) is 2.26. The van der Waals surface area contributed by atoms with Crippen LogP contribution in [0.4, 0.5) is 23.4 Å². The summed E-state index contributed by atoms with van der Waals surface area (Å²) in [4.78, 5) is 21.3. The van der Waals surface area contributed by atoms with Gasteiger partial charge in [0.15, 0.2) is 11.6 Å². The van der Waals surface area contributed by atoms with Gasteiger partial charge in [-0.3, -0.25) is 4.79 Å². The van der Waals surface area contributed by atoms with E-state index in [1.54, 1.807) is 29.2 Å². The van der Waals surface area contributed by atoms with E-state index in [1.807, 2.05) is 0 Å². The van der Waals surface area contributed by atoms with E-state index in [-0.39, 0.29) is 24.0 Å². The number of nitrogens with one attached hydrogen (secondary N) is 1. The van der Waals surface area contributed by atoms with Gasteiger partial charge in [0, 0.05) is 30.8 Å². The van der Waals surface area contributed by atoms with Crippen molar-refractivity contribution in [3.8, 4) is 11.3 Å². The van der Waals surface area contributed by atoms with E-state index in [0.29, 0.717) is 10.6 Å². The Morgan fingerprint density at radius 1 is 1.21 bits per heavy atom. The van der Waals surface area contributed by atoms with Crippen molar-refractivity contribution in [2.24, 2.45) is 0 Å². The minimum absolute atomic E-state index is 0.0218. The zero-order valence-electron chi connectivity index (χ0n) is 15.2. The van der Waals surface area contributed by atoms with E-state index >= 15 is 0 Å². The summed E-state index contributed by atoms with van der Waals surface area (Å²) in [5.41, 5.74) is 0.770. The Kier molecular flexibility index (Phi) is 9.72. The van der Waals surface area contributed by atoms with Crippen LogP contribution < -0.4 is 5.32 Å². The molecular weight excluding hydrogens is 420 g/mol. The number of amides is 1. The molecule has 0 aliphatic carbocycles. The lowest BCUT2D eigenvalue weighted by Gasteiger charge is -2.30. The largest absolute Gasteiger partial charge is 0.519 e. The summed E-state index contributed by atoms with van der Waals surface area (Å²) < 4.78 is 44.2. The van der Waals surface area contributed by atoms with Crippen LogP contribution >= 0.6 is 11.6 Å². The molecule has 1 aliphatic rings. The molecule has 0 radical (unpaired) electrons. The first kappa shape index (κ1) is 24.5. The number of carbonyl (C=O) groups is 1. The Morgan fingerprint density at radius 2 is 1.76 bits per heavy atom. The number of nitrogens with zero attached hydrogens (tertiary/aromatic N) is 3. The normalized spacial score (nSPS) is 12.6. The summed E-state index contributed by atoms with van der Waals surface area (Å²) in [7, 11) is 1.00. The average Bonchev–Trinajstić information content (AvgIpc) is 2.61. The van der Waals surface area contributed by atoms with Crippen LogP contribution in [0, 0.1) is 5.82 Å². The van der Waals surface area contributed by atoms with Gasteiger partial charge in [0.2, 0.25) is 5.91 Å². The molecule has 1 aliphatic heterocycles. The first-order valence-electron chi connectivity index (χ1n) is 8.17. The van der Waals surface area contributed by atoms with Crippen LogP contribution in [0.2, 0.25) is 5.02 Å². The van der Waals surface area contributed by atoms with Crippen molar-refractivity contribution in [1.82, 2.24) is 14.9 Å². The van der Waals surface area contributed by atoms with Crippen LogP contribution in [0.15, 0.2) is 30.6 Å². The van der Waals surface area contributed by atoms with Gasteiger partial charge in [-0.15, -0.1) is 13.2 Å². The summed E-state index contributed by atoms with van der Waals surface area (Å²) in [6.07, 6.45) is -2.71. The molecule has 7 nitrogen and oxygen atoms in total. The summed E-state index contributed by atoms with van der Waals surface area (Å²) >= 11 is 5.82. The Labute approximate surface area is 169 Å². The zero-order valence-corrected chi connectivity index (χ0v) is 16.0. The number of aromatic nitrogens is 2. The standard InChI is InChI=1S/C15H14ClFN4O.CHF3O.CH4O/c16-11-4-2-10(3-5-11)14-13(17)15(20-9-19-14)18-8-12(22)21-6-1-7-21;2-1(3,4)5;1-2/h2-5,9H,1,6-8H2,(H,18,19,20);5H;2H,1H3. The van der Waals surface area contributed by atoms with E-state index in [4.69, 9.17) is 21.8 Å². The molecule has 0 bridgehead atoms. The van der Waals surface area contributed by atoms with Crippen molar-refractivity contribution in [2.45, 2.75) is 12.8 Å². The smallest absolute Gasteiger partial charge is 0.400 e. The fraction of sp³-hybridized carbons (Fsp3) is 0.353. The van der Waals surface area contributed by atoms with Crippen molar-refractivity contribution < 1.29 is 32.6 Å². The van der Waals surface area contributed by atoms with Gasteiger partial charge < -0.3 is 20.4 Å². The molecule has 3 N–H and O–H groups in total. The maximum absolute atomic E-state index is 14.5. The summed E-state index contributed by atoms with van der Waals surface area (Å²) in [6.45, 7) is 1.56. The second-order valence-electron chi connectivity index (χ2n) is 5.45. The maximum atomic E-state index is 14.5. The molecule has 12 heteroatoms. The molecule has 0 atom stereocenters. The molecule has 160 valence electrons. The van der Waals surface area contributed by atoms with Crippen LogP contribution in [-0.4, -0.2) is 64.1 Å². The van der Waals surface area contributed by atoms with Gasteiger partial charge >= 0.3 is 6.36 Å². The van der Waals surface area contributed by atoms with Gasteiger partial charge in [-0.25, -0.2) is 14.4 Å². The number of likely N-dealkylation sites (tertiary alicyclic amines) is 1. The second kappa shape index (κ2) is 11.5. The number of benzene rings is 1. The molecule has 1 aromatic carbocycles. The van der Waals surface area contributed by atoms with Gasteiger partial charge in [0.25, 0.3) is 0 Å². The number of aliphatic hydroxyl groups excluding tert-OH is 1. The highest BCUT2D eigenvalue weighted by molar-refractivity contribution is 6.30. The molecule has 0 unspecified atom stereocenters. The number of hydrogen-bond acceptors (Lipinski definition) is 6. The number of anilines is 1. The molecule has 29 heavy (non-hydrogen) atoms. The van der Waals surface area contributed by atoms with Gasteiger partial charge in [0.05, 0.1) is 6.54 Å². The van der Waals surface area contributed by atoms with Crippen molar-refractivity contribution in [3.63, 3.8) is 0 Å². The average molecular weight is 439 g/mol. The lowest BCUT2D eigenvalue weighted by molar-refractivity contribution is -0.295. The molecule has 1 saturated heterocycles. The number of rotatable bonds is 4. The zero-order chi connectivity index (χ0) is 22.0. The highest BCUT2D eigenvalue weighted by Crippen LogP contribution is 2.25. The fourth-order valence-electron chi connectivity index (χ4n) is 2.14. The van der Waals surface area contributed by atoms with Crippen LogP contribution in [0.1, 0.15) is 6.42 Å². The van der Waals surface area contributed by atoms with Gasteiger partial charge in [0.1, 0.15) is 12.0 Å². The summed E-state index contributed by atoms with van der Waals surface area (Å²) in [6, 6.07) is 6.70. The lowest BCUT2D eigenvalue weighted by atomic mass is 10.1. The number of hydrogen-bond donors (Lipinski definition) is 3. The summed E-state index contributed by atoms with van der Waals surface area (Å²) in [5, 5.41) is 16.8. The quantitative estimate of drug-likeness (QED) is 0.635. The minimum atomic E-state index is -5.00. The minimum Gasteiger partial charge on any atom is -0.400 e. The van der Waals surface area contributed by atoms with Gasteiger partial charge in [-0.2, -0.15) is 0 Å². The Balaban J connectivity index is 0.000000527. The SMILES string of the molecule is CO.O=C(CNc1ncnc(-c2ccc(Cl)cc2)c1F)N1CCC1.OC(F)(F)F.